The Kier molecular flexibility index (Phi) is 7.47. The fourth-order valence-corrected chi connectivity index (χ4v) is 2.85. The van der Waals surface area contributed by atoms with Crippen LogP contribution in [-0.4, -0.2) is 29.3 Å². The molecular weight excluding hydrogens is 338 g/mol. The molecule has 3 rings (SSSR count). The van der Waals surface area contributed by atoms with Gasteiger partial charge in [0.25, 0.3) is 5.89 Å². The van der Waals surface area contributed by atoms with E-state index < -0.39 is 0 Å². The molecule has 1 atom stereocenters. The number of nitrogens with zero attached hydrogens (tertiary/aromatic N) is 2. The average molecular weight is 364 g/mol. The quantitative estimate of drug-likeness (QED) is 0.801. The van der Waals surface area contributed by atoms with Gasteiger partial charge in [-0.3, -0.25) is 0 Å². The van der Waals surface area contributed by atoms with Gasteiger partial charge in [0.1, 0.15) is 5.75 Å². The molecule has 2 aromatic rings. The number of aromatic nitrogens is 2. The highest BCUT2D eigenvalue weighted by atomic mass is 35.5. The van der Waals surface area contributed by atoms with Gasteiger partial charge < -0.3 is 14.6 Å². The maximum absolute atomic E-state index is 6.04. The summed E-state index contributed by atoms with van der Waals surface area (Å²) in [4.78, 5) is 4.38. The lowest BCUT2D eigenvalue weighted by Gasteiger charge is -2.13. The summed E-state index contributed by atoms with van der Waals surface area (Å²) in [6.45, 7) is 2.09. The van der Waals surface area contributed by atoms with E-state index >= 15 is 0 Å². The summed E-state index contributed by atoms with van der Waals surface area (Å²) in [5.74, 6) is 2.17. The molecule has 25 heavy (non-hydrogen) atoms. The molecule has 1 heterocycles. The minimum absolute atomic E-state index is 0. The molecule has 1 aromatic carbocycles. The molecule has 1 aliphatic carbocycles. The lowest BCUT2D eigenvalue weighted by molar-refractivity contribution is 0.210. The van der Waals surface area contributed by atoms with Crippen LogP contribution in [0.1, 0.15) is 49.9 Å². The zero-order chi connectivity index (χ0) is 16.8. The van der Waals surface area contributed by atoms with Crippen molar-refractivity contribution in [3.05, 3.63) is 41.5 Å². The molecule has 1 unspecified atom stereocenters. The van der Waals surface area contributed by atoms with Gasteiger partial charge in [0.15, 0.2) is 5.82 Å². The van der Waals surface area contributed by atoms with Crippen LogP contribution in [0.3, 0.4) is 0 Å². The number of likely N-dealkylation sites (N-methyl/N-ethyl adjacent to an activating group) is 1. The Hall–Kier alpha value is -1.85. The van der Waals surface area contributed by atoms with Crippen molar-refractivity contribution < 1.29 is 9.26 Å². The summed E-state index contributed by atoms with van der Waals surface area (Å²) in [6, 6.07) is 8.44. The van der Waals surface area contributed by atoms with E-state index in [1.807, 2.05) is 37.4 Å². The van der Waals surface area contributed by atoms with Crippen LogP contribution in [0.5, 0.6) is 5.75 Å². The second-order valence-electron chi connectivity index (χ2n) is 6.37. The highest BCUT2D eigenvalue weighted by Gasteiger charge is 2.16. The van der Waals surface area contributed by atoms with Crippen LogP contribution in [-0.2, 0) is 6.42 Å². The van der Waals surface area contributed by atoms with E-state index in [-0.39, 0.29) is 12.4 Å². The molecule has 0 spiro atoms. The maximum Gasteiger partial charge on any atom is 0.250 e. The molecule has 0 aliphatic heterocycles. The van der Waals surface area contributed by atoms with Crippen LogP contribution in [0, 0.1) is 0 Å². The van der Waals surface area contributed by atoms with Crippen LogP contribution in [0.15, 0.2) is 28.8 Å². The Morgan fingerprint density at radius 2 is 2.12 bits per heavy atom. The van der Waals surface area contributed by atoms with Crippen molar-refractivity contribution in [2.75, 3.05) is 7.05 Å². The van der Waals surface area contributed by atoms with Gasteiger partial charge in [-0.15, -0.1) is 12.4 Å². The summed E-state index contributed by atoms with van der Waals surface area (Å²) in [7, 11) is 1.92. The van der Waals surface area contributed by atoms with E-state index in [0.717, 1.165) is 36.4 Å². The summed E-state index contributed by atoms with van der Waals surface area (Å²) >= 11 is 0. The van der Waals surface area contributed by atoms with Crippen molar-refractivity contribution in [1.29, 1.82) is 0 Å². The summed E-state index contributed by atoms with van der Waals surface area (Å²) in [5, 5.41) is 7.16. The van der Waals surface area contributed by atoms with Gasteiger partial charge in [-0.1, -0.05) is 17.3 Å². The third-order valence-electron chi connectivity index (χ3n) is 4.35. The van der Waals surface area contributed by atoms with Gasteiger partial charge in [0, 0.05) is 18.5 Å². The van der Waals surface area contributed by atoms with E-state index in [0.29, 0.717) is 18.0 Å². The van der Waals surface area contributed by atoms with E-state index in [9.17, 15) is 0 Å². The monoisotopic (exact) mass is 363 g/mol. The van der Waals surface area contributed by atoms with Crippen LogP contribution < -0.4 is 10.1 Å². The average Bonchev–Trinajstić information content (AvgIpc) is 3.25. The Labute approximate surface area is 155 Å². The van der Waals surface area contributed by atoms with Gasteiger partial charge in [-0.05, 0) is 63.4 Å². The van der Waals surface area contributed by atoms with Crippen LogP contribution in [0.25, 0.3) is 12.2 Å². The normalized spacial score (nSPS) is 16.1. The highest BCUT2D eigenvalue weighted by Crippen LogP contribution is 2.25. The zero-order valence-electron chi connectivity index (χ0n) is 14.8. The molecular formula is C19H26ClN3O2. The molecule has 5 nitrogen and oxygen atoms in total. The molecule has 0 bridgehead atoms. The number of benzene rings is 1. The number of hydrogen-bond donors (Lipinski definition) is 1. The van der Waals surface area contributed by atoms with Gasteiger partial charge in [-0.25, -0.2) is 0 Å². The van der Waals surface area contributed by atoms with Gasteiger partial charge in [0.2, 0.25) is 0 Å². The Bertz CT molecular complexity index is 681. The van der Waals surface area contributed by atoms with Gasteiger partial charge in [0.05, 0.1) is 6.10 Å². The minimum Gasteiger partial charge on any atom is -0.490 e. The number of nitrogens with one attached hydrogen (secondary N) is 1. The first-order valence-corrected chi connectivity index (χ1v) is 8.67. The number of ether oxygens (including phenoxy) is 1. The van der Waals surface area contributed by atoms with Crippen molar-refractivity contribution in [2.24, 2.45) is 0 Å². The van der Waals surface area contributed by atoms with Crippen molar-refractivity contribution in [1.82, 2.24) is 15.5 Å². The van der Waals surface area contributed by atoms with Crippen molar-refractivity contribution >= 4 is 24.6 Å². The third-order valence-corrected chi connectivity index (χ3v) is 4.35. The van der Waals surface area contributed by atoms with E-state index in [1.165, 1.54) is 12.8 Å². The molecule has 1 saturated carbocycles. The first kappa shape index (κ1) is 19.5. The Morgan fingerprint density at radius 1 is 1.32 bits per heavy atom. The minimum atomic E-state index is 0. The third kappa shape index (κ3) is 5.87. The second kappa shape index (κ2) is 9.59. The number of rotatable bonds is 7. The zero-order valence-corrected chi connectivity index (χ0v) is 15.6. The first-order chi connectivity index (χ1) is 11.7. The van der Waals surface area contributed by atoms with Gasteiger partial charge in [-0.2, -0.15) is 4.98 Å². The van der Waals surface area contributed by atoms with E-state index in [4.69, 9.17) is 9.26 Å². The Morgan fingerprint density at radius 3 is 2.88 bits per heavy atom. The fourth-order valence-electron chi connectivity index (χ4n) is 2.85. The van der Waals surface area contributed by atoms with Gasteiger partial charge >= 0.3 is 0 Å². The summed E-state index contributed by atoms with van der Waals surface area (Å²) in [6.07, 6.45) is 9.81. The number of halogens is 1. The molecule has 1 N–H and O–H groups in total. The van der Waals surface area contributed by atoms with Crippen LogP contribution >= 0.6 is 12.4 Å². The first-order valence-electron chi connectivity index (χ1n) is 8.67. The van der Waals surface area contributed by atoms with Crippen LogP contribution in [0.2, 0.25) is 0 Å². The Balaban J connectivity index is 0.00000225. The van der Waals surface area contributed by atoms with Crippen molar-refractivity contribution in [2.45, 2.75) is 51.2 Å². The molecule has 0 amide bonds. The van der Waals surface area contributed by atoms with Crippen molar-refractivity contribution in [3.8, 4) is 5.75 Å². The SMILES string of the molecule is CNC(C)Cc1noc(/C=C/c2cccc(OC3CCCC3)c2)n1.Cl. The largest absolute Gasteiger partial charge is 0.490 e. The molecule has 136 valence electrons. The van der Waals surface area contributed by atoms with Crippen molar-refractivity contribution in [3.63, 3.8) is 0 Å². The topological polar surface area (TPSA) is 60.2 Å². The van der Waals surface area contributed by atoms with E-state index in [1.54, 1.807) is 0 Å². The summed E-state index contributed by atoms with van der Waals surface area (Å²) < 4.78 is 11.3. The summed E-state index contributed by atoms with van der Waals surface area (Å²) in [5.41, 5.74) is 1.06. The molecule has 1 aliphatic rings. The highest BCUT2D eigenvalue weighted by molar-refractivity contribution is 5.85. The van der Waals surface area contributed by atoms with Crippen LogP contribution in [0.4, 0.5) is 0 Å². The molecule has 0 saturated heterocycles. The fraction of sp³-hybridized carbons (Fsp3) is 0.474. The lowest BCUT2D eigenvalue weighted by Crippen LogP contribution is -2.24. The molecule has 1 fully saturated rings. The smallest absolute Gasteiger partial charge is 0.250 e. The molecule has 0 radical (unpaired) electrons. The number of hydrogen-bond acceptors (Lipinski definition) is 5. The molecule has 1 aromatic heterocycles. The second-order valence-corrected chi connectivity index (χ2v) is 6.37. The van der Waals surface area contributed by atoms with E-state index in [2.05, 4.69) is 28.4 Å². The maximum atomic E-state index is 6.04. The standard InChI is InChI=1S/C19H25N3O2.ClH/c1-14(20-2)12-18-21-19(24-22-18)11-10-15-6-5-9-17(13-15)23-16-7-3-4-8-16;/h5-6,9-11,13-14,16,20H,3-4,7-8,12H2,1-2H3;1H/b11-10+;. The molecule has 6 heteroatoms. The predicted octanol–water partition coefficient (Wildman–Crippen LogP) is 4.13. The predicted molar refractivity (Wildman–Crippen MR) is 102 cm³/mol. The lowest BCUT2D eigenvalue weighted by atomic mass is 10.2.